The molecule has 0 aromatic rings. The van der Waals surface area contributed by atoms with Gasteiger partial charge in [0.05, 0.1) is 19.3 Å². The van der Waals surface area contributed by atoms with Crippen molar-refractivity contribution in [3.63, 3.8) is 0 Å². The average molecular weight is 394 g/mol. The largest absolute Gasteiger partial charge is 0.401 e. The molecule has 6 nitrogen and oxygen atoms in total. The number of hydrogen-bond acceptors (Lipinski definition) is 4. The van der Waals surface area contributed by atoms with Gasteiger partial charge in [-0.2, -0.15) is 13.2 Å². The van der Waals surface area contributed by atoms with Crippen LogP contribution < -0.4 is 10.6 Å². The first-order chi connectivity index (χ1) is 13.0. The molecule has 2 atom stereocenters. The van der Waals surface area contributed by atoms with Crippen molar-refractivity contribution in [1.29, 1.82) is 0 Å². The number of halogens is 3. The number of ether oxygens (including phenoxy) is 2. The van der Waals surface area contributed by atoms with Gasteiger partial charge in [-0.1, -0.05) is 0 Å². The Hall–Kier alpha value is -1.06. The average Bonchev–Trinajstić information content (AvgIpc) is 3.26. The van der Waals surface area contributed by atoms with Crippen molar-refractivity contribution in [3.05, 3.63) is 0 Å². The van der Waals surface area contributed by atoms with Gasteiger partial charge in [0.2, 0.25) is 0 Å². The first-order valence-electron chi connectivity index (χ1n) is 9.97. The summed E-state index contributed by atoms with van der Waals surface area (Å²) in [6.07, 6.45) is -0.0547. The molecular weight excluding hydrogens is 361 g/mol. The van der Waals surface area contributed by atoms with Gasteiger partial charge in [-0.15, -0.1) is 0 Å². The molecule has 2 saturated heterocycles. The van der Waals surface area contributed by atoms with E-state index in [1.54, 1.807) is 0 Å². The summed E-state index contributed by atoms with van der Waals surface area (Å²) < 4.78 is 48.5. The summed E-state index contributed by atoms with van der Waals surface area (Å²) in [7, 11) is 0. The molecule has 0 bridgehead atoms. The summed E-state index contributed by atoms with van der Waals surface area (Å²) in [5, 5.41) is 6.43. The maximum Gasteiger partial charge on any atom is 0.401 e. The number of nitrogens with one attached hydrogen (secondary N) is 2. The highest BCUT2D eigenvalue weighted by Crippen LogP contribution is 2.22. The number of likely N-dealkylation sites (tertiary alicyclic amines) is 1. The summed E-state index contributed by atoms with van der Waals surface area (Å²) >= 11 is 0. The fourth-order valence-corrected chi connectivity index (χ4v) is 3.39. The van der Waals surface area contributed by atoms with Gasteiger partial charge in [0.15, 0.2) is 5.96 Å². The molecule has 158 valence electrons. The lowest BCUT2D eigenvalue weighted by Crippen LogP contribution is -2.38. The van der Waals surface area contributed by atoms with Crippen LogP contribution in [-0.2, 0) is 9.47 Å². The van der Waals surface area contributed by atoms with E-state index in [1.807, 2.05) is 6.92 Å². The van der Waals surface area contributed by atoms with E-state index in [4.69, 9.17) is 9.47 Å². The van der Waals surface area contributed by atoms with E-state index in [-0.39, 0.29) is 12.0 Å². The normalized spacial score (nSPS) is 24.5. The van der Waals surface area contributed by atoms with Gasteiger partial charge < -0.3 is 20.1 Å². The predicted molar refractivity (Wildman–Crippen MR) is 99.0 cm³/mol. The third-order valence-electron chi connectivity index (χ3n) is 4.71. The van der Waals surface area contributed by atoms with E-state index in [2.05, 4.69) is 15.6 Å². The van der Waals surface area contributed by atoms with Crippen molar-refractivity contribution < 1.29 is 22.6 Å². The van der Waals surface area contributed by atoms with Crippen molar-refractivity contribution in [3.8, 4) is 0 Å². The molecule has 2 aliphatic heterocycles. The van der Waals surface area contributed by atoms with Crippen molar-refractivity contribution in [2.75, 3.05) is 59.1 Å². The van der Waals surface area contributed by atoms with E-state index in [9.17, 15) is 13.2 Å². The molecule has 2 unspecified atom stereocenters. The molecule has 9 heteroatoms. The second-order valence-corrected chi connectivity index (χ2v) is 7.21. The van der Waals surface area contributed by atoms with Gasteiger partial charge in [-0.3, -0.25) is 9.89 Å². The Labute approximate surface area is 159 Å². The second kappa shape index (κ2) is 11.7. The summed E-state index contributed by atoms with van der Waals surface area (Å²) in [4.78, 5) is 6.00. The Morgan fingerprint density at radius 1 is 1.30 bits per heavy atom. The topological polar surface area (TPSA) is 58.1 Å². The molecule has 2 N–H and O–H groups in total. The highest BCUT2D eigenvalue weighted by molar-refractivity contribution is 5.79. The zero-order chi connectivity index (χ0) is 19.5. The summed E-state index contributed by atoms with van der Waals surface area (Å²) in [5.74, 6) is 0.892. The van der Waals surface area contributed by atoms with Crippen molar-refractivity contribution in [2.24, 2.45) is 10.9 Å². The number of hydrogen-bond donors (Lipinski definition) is 2. The molecule has 0 amide bonds. The van der Waals surface area contributed by atoms with Crippen LogP contribution in [0, 0.1) is 5.92 Å². The summed E-state index contributed by atoms with van der Waals surface area (Å²) in [6.45, 7) is 6.30. The van der Waals surface area contributed by atoms with Crippen LogP contribution in [-0.4, -0.2) is 82.2 Å². The molecule has 0 radical (unpaired) electrons. The van der Waals surface area contributed by atoms with Crippen LogP contribution in [0.3, 0.4) is 0 Å². The number of rotatable bonds is 10. The van der Waals surface area contributed by atoms with E-state index < -0.39 is 12.7 Å². The summed E-state index contributed by atoms with van der Waals surface area (Å²) in [6, 6.07) is 0. The van der Waals surface area contributed by atoms with Crippen LogP contribution >= 0.6 is 0 Å². The maximum atomic E-state index is 12.5. The van der Waals surface area contributed by atoms with E-state index >= 15 is 0 Å². The molecule has 0 aromatic carbocycles. The molecular formula is C18H33F3N4O2. The minimum atomic E-state index is -4.12. The fraction of sp³-hybridized carbons (Fsp3) is 0.944. The van der Waals surface area contributed by atoms with Crippen molar-refractivity contribution in [2.45, 2.75) is 44.9 Å². The first kappa shape index (κ1) is 22.2. The lowest BCUT2D eigenvalue weighted by Gasteiger charge is -2.17. The molecule has 2 heterocycles. The lowest BCUT2D eigenvalue weighted by molar-refractivity contribution is -0.143. The van der Waals surface area contributed by atoms with Gasteiger partial charge in [0, 0.05) is 39.4 Å². The van der Waals surface area contributed by atoms with Crippen LogP contribution in [0.1, 0.15) is 32.6 Å². The number of aliphatic imine (C=N–C) groups is 1. The third-order valence-corrected chi connectivity index (χ3v) is 4.71. The molecule has 27 heavy (non-hydrogen) atoms. The third kappa shape index (κ3) is 9.62. The smallest absolute Gasteiger partial charge is 0.379 e. The maximum absolute atomic E-state index is 12.5. The number of nitrogens with zero attached hydrogens (tertiary/aromatic N) is 2. The minimum absolute atomic E-state index is 0.178. The van der Waals surface area contributed by atoms with Gasteiger partial charge in [0.1, 0.15) is 0 Å². The molecule has 2 aliphatic rings. The van der Waals surface area contributed by atoms with Gasteiger partial charge in [-0.05, 0) is 45.1 Å². The summed E-state index contributed by atoms with van der Waals surface area (Å²) in [5.41, 5.74) is 0. The second-order valence-electron chi connectivity index (χ2n) is 7.21. The quantitative estimate of drug-likeness (QED) is 0.337. The zero-order valence-electron chi connectivity index (χ0n) is 16.2. The van der Waals surface area contributed by atoms with Gasteiger partial charge in [-0.25, -0.2) is 0 Å². The monoisotopic (exact) mass is 394 g/mol. The van der Waals surface area contributed by atoms with E-state index in [0.717, 1.165) is 45.4 Å². The molecule has 0 saturated carbocycles. The standard InChI is InChI=1S/C18H33F3N4O2/c1-2-22-17(23-7-4-9-26-13-16-5-3-10-27-16)24-11-15-6-8-25(12-15)14-18(19,20)21/h15-16H,2-14H2,1H3,(H2,22,23,24). The minimum Gasteiger partial charge on any atom is -0.379 e. The fourth-order valence-electron chi connectivity index (χ4n) is 3.39. The van der Waals surface area contributed by atoms with Crippen molar-refractivity contribution >= 4 is 5.96 Å². The molecule has 0 aromatic heterocycles. The highest BCUT2D eigenvalue weighted by Gasteiger charge is 2.34. The highest BCUT2D eigenvalue weighted by atomic mass is 19.4. The Balaban J connectivity index is 1.59. The molecule has 2 fully saturated rings. The van der Waals surface area contributed by atoms with Gasteiger partial charge in [0.25, 0.3) is 0 Å². The molecule has 0 spiro atoms. The van der Waals surface area contributed by atoms with Crippen LogP contribution in [0.5, 0.6) is 0 Å². The van der Waals surface area contributed by atoms with Crippen LogP contribution in [0.4, 0.5) is 13.2 Å². The predicted octanol–water partition coefficient (Wildman–Crippen LogP) is 2.01. The van der Waals surface area contributed by atoms with E-state index in [1.165, 1.54) is 4.90 Å². The first-order valence-corrected chi connectivity index (χ1v) is 9.97. The Bertz CT molecular complexity index is 443. The van der Waals surface area contributed by atoms with Crippen molar-refractivity contribution in [1.82, 2.24) is 15.5 Å². The SMILES string of the molecule is CCNC(=NCC1CCN(CC(F)(F)F)C1)NCCCOCC1CCCO1. The molecule has 0 aliphatic carbocycles. The number of alkyl halides is 3. The molecule has 2 rings (SSSR count). The number of guanidine groups is 1. The van der Waals surface area contributed by atoms with Crippen LogP contribution in [0.25, 0.3) is 0 Å². The Kier molecular flexibility index (Phi) is 9.64. The lowest BCUT2D eigenvalue weighted by atomic mass is 10.1. The van der Waals surface area contributed by atoms with E-state index in [0.29, 0.717) is 38.8 Å². The van der Waals surface area contributed by atoms with Crippen LogP contribution in [0.15, 0.2) is 4.99 Å². The van der Waals surface area contributed by atoms with Crippen LogP contribution in [0.2, 0.25) is 0 Å². The zero-order valence-corrected chi connectivity index (χ0v) is 16.2. The van der Waals surface area contributed by atoms with Gasteiger partial charge >= 0.3 is 6.18 Å². The Morgan fingerprint density at radius 3 is 2.85 bits per heavy atom. The Morgan fingerprint density at radius 2 is 2.15 bits per heavy atom.